The molecule has 1 N–H and O–H groups in total. The average molecular weight is 304 g/mol. The molecule has 0 aliphatic carbocycles. The van der Waals surface area contributed by atoms with Crippen molar-refractivity contribution in [1.29, 1.82) is 0 Å². The molecule has 5 nitrogen and oxygen atoms in total. The molecule has 0 radical (unpaired) electrons. The molecule has 0 aliphatic rings. The highest BCUT2D eigenvalue weighted by Crippen LogP contribution is 2.22. The molecule has 0 saturated carbocycles. The fourth-order valence-corrected chi connectivity index (χ4v) is 2.92. The number of sulfonamides is 1. The molecular formula is C11H11ClFN3O2S. The van der Waals surface area contributed by atoms with E-state index in [2.05, 4.69) is 10.2 Å². The van der Waals surface area contributed by atoms with E-state index in [4.69, 9.17) is 11.6 Å². The normalized spacial score (nSPS) is 12.0. The van der Waals surface area contributed by atoms with Gasteiger partial charge >= 0.3 is 0 Å². The predicted molar refractivity (Wildman–Crippen MR) is 68.7 cm³/mol. The van der Waals surface area contributed by atoms with Crippen molar-refractivity contribution in [3.05, 3.63) is 47.0 Å². The number of hydrogen-bond acceptors (Lipinski definition) is 3. The van der Waals surface area contributed by atoms with Gasteiger partial charge in [0.15, 0.2) is 0 Å². The third-order valence-electron chi connectivity index (χ3n) is 2.54. The lowest BCUT2D eigenvalue weighted by atomic mass is 10.3. The summed E-state index contributed by atoms with van der Waals surface area (Å²) in [6.45, 7) is 0.0981. The van der Waals surface area contributed by atoms with Crippen LogP contribution in [0.1, 0.15) is 5.56 Å². The summed E-state index contributed by atoms with van der Waals surface area (Å²) >= 11 is 5.60. The first-order valence-electron chi connectivity index (χ1n) is 5.30. The molecule has 102 valence electrons. The maximum absolute atomic E-state index is 13.7. The Bertz CT molecular complexity index is 673. The quantitative estimate of drug-likeness (QED) is 0.939. The van der Waals surface area contributed by atoms with Crippen LogP contribution >= 0.6 is 11.6 Å². The van der Waals surface area contributed by atoms with Crippen molar-refractivity contribution < 1.29 is 12.8 Å². The van der Waals surface area contributed by atoms with E-state index in [-0.39, 0.29) is 11.6 Å². The minimum atomic E-state index is -3.90. The van der Waals surface area contributed by atoms with Crippen LogP contribution in [0.25, 0.3) is 0 Å². The number of halogens is 2. The fraction of sp³-hybridized carbons (Fsp3) is 0.182. The standard InChI is InChI=1S/C11H11ClFN3O2S/c1-16(7-8-5-14-15-6-8)19(17,18)11-3-2-9(12)4-10(11)13/h2-6H,7H2,1H3,(H,14,15). The smallest absolute Gasteiger partial charge is 0.246 e. The molecule has 0 bridgehead atoms. The zero-order valence-electron chi connectivity index (χ0n) is 9.97. The molecule has 0 atom stereocenters. The Morgan fingerprint density at radius 2 is 2.21 bits per heavy atom. The molecule has 1 aromatic heterocycles. The zero-order chi connectivity index (χ0) is 14.0. The second-order valence-corrected chi connectivity index (χ2v) is 6.39. The van der Waals surface area contributed by atoms with E-state index < -0.39 is 20.7 Å². The molecule has 0 spiro atoms. The Labute approximate surface area is 115 Å². The largest absolute Gasteiger partial charge is 0.285 e. The molecule has 0 aliphatic heterocycles. The van der Waals surface area contributed by atoms with Gasteiger partial charge in [-0.1, -0.05) is 11.6 Å². The van der Waals surface area contributed by atoms with Crippen LogP contribution in [0.5, 0.6) is 0 Å². The van der Waals surface area contributed by atoms with Gasteiger partial charge in [0.05, 0.1) is 6.20 Å². The number of hydrogen-bond donors (Lipinski definition) is 1. The number of H-pyrrole nitrogens is 1. The van der Waals surface area contributed by atoms with Gasteiger partial charge in [-0.3, -0.25) is 5.10 Å². The van der Waals surface area contributed by atoms with E-state index in [0.717, 1.165) is 16.4 Å². The van der Waals surface area contributed by atoms with Crippen LogP contribution in [0, 0.1) is 5.82 Å². The van der Waals surface area contributed by atoms with Crippen LogP contribution in [0.2, 0.25) is 5.02 Å². The van der Waals surface area contributed by atoms with Gasteiger partial charge in [0.25, 0.3) is 0 Å². The third kappa shape index (κ3) is 2.94. The summed E-state index contributed by atoms with van der Waals surface area (Å²) in [5, 5.41) is 6.45. The van der Waals surface area contributed by atoms with Crippen molar-refractivity contribution in [3.63, 3.8) is 0 Å². The summed E-state index contributed by atoms with van der Waals surface area (Å²) in [5.41, 5.74) is 0.681. The van der Waals surface area contributed by atoms with Crippen LogP contribution in [0.3, 0.4) is 0 Å². The number of nitrogens with zero attached hydrogens (tertiary/aromatic N) is 2. The van der Waals surface area contributed by atoms with Crippen molar-refractivity contribution in [2.45, 2.75) is 11.4 Å². The van der Waals surface area contributed by atoms with Crippen molar-refractivity contribution in [3.8, 4) is 0 Å². The first-order valence-corrected chi connectivity index (χ1v) is 7.12. The molecule has 0 fully saturated rings. The lowest BCUT2D eigenvalue weighted by Gasteiger charge is -2.16. The number of benzene rings is 1. The monoisotopic (exact) mass is 303 g/mol. The zero-order valence-corrected chi connectivity index (χ0v) is 11.5. The van der Waals surface area contributed by atoms with Gasteiger partial charge in [-0.05, 0) is 18.2 Å². The van der Waals surface area contributed by atoms with Crippen molar-refractivity contribution in [2.75, 3.05) is 7.05 Å². The first-order chi connectivity index (χ1) is 8.91. The number of aromatic nitrogens is 2. The Kier molecular flexibility index (Phi) is 3.88. The number of rotatable bonds is 4. The Morgan fingerprint density at radius 1 is 1.47 bits per heavy atom. The summed E-state index contributed by atoms with van der Waals surface area (Å²) < 4.78 is 39.1. The van der Waals surface area contributed by atoms with Gasteiger partial charge in [-0.2, -0.15) is 9.40 Å². The Hall–Kier alpha value is -1.44. The molecular weight excluding hydrogens is 293 g/mol. The number of nitrogens with one attached hydrogen (secondary N) is 1. The molecule has 2 rings (SSSR count). The van der Waals surface area contributed by atoms with Gasteiger partial charge in [-0.15, -0.1) is 0 Å². The molecule has 1 aromatic carbocycles. The highest BCUT2D eigenvalue weighted by molar-refractivity contribution is 7.89. The van der Waals surface area contributed by atoms with Crippen LogP contribution in [0.15, 0.2) is 35.5 Å². The number of aromatic amines is 1. The topological polar surface area (TPSA) is 66.1 Å². The van der Waals surface area contributed by atoms with E-state index in [1.807, 2.05) is 0 Å². The van der Waals surface area contributed by atoms with Gasteiger partial charge in [0.1, 0.15) is 10.7 Å². The average Bonchev–Trinajstić information content (AvgIpc) is 2.81. The van der Waals surface area contributed by atoms with Gasteiger partial charge in [-0.25, -0.2) is 12.8 Å². The molecule has 8 heteroatoms. The molecule has 19 heavy (non-hydrogen) atoms. The lowest BCUT2D eigenvalue weighted by molar-refractivity contribution is 0.460. The summed E-state index contributed by atoms with van der Waals surface area (Å²) in [4.78, 5) is -0.400. The summed E-state index contributed by atoms with van der Waals surface area (Å²) in [6, 6.07) is 3.46. The molecule has 0 saturated heterocycles. The highest BCUT2D eigenvalue weighted by atomic mass is 35.5. The van der Waals surface area contributed by atoms with E-state index in [1.165, 1.54) is 19.3 Å². The van der Waals surface area contributed by atoms with Crippen LogP contribution in [-0.4, -0.2) is 30.0 Å². The van der Waals surface area contributed by atoms with Gasteiger partial charge in [0, 0.05) is 30.4 Å². The van der Waals surface area contributed by atoms with Crippen molar-refractivity contribution in [1.82, 2.24) is 14.5 Å². The minimum Gasteiger partial charge on any atom is -0.285 e. The molecule has 2 aromatic rings. The van der Waals surface area contributed by atoms with E-state index >= 15 is 0 Å². The van der Waals surface area contributed by atoms with Gasteiger partial charge < -0.3 is 0 Å². The van der Waals surface area contributed by atoms with E-state index in [1.54, 1.807) is 6.20 Å². The van der Waals surface area contributed by atoms with Crippen molar-refractivity contribution >= 4 is 21.6 Å². The van der Waals surface area contributed by atoms with E-state index in [9.17, 15) is 12.8 Å². The van der Waals surface area contributed by atoms with Gasteiger partial charge in [0.2, 0.25) is 10.0 Å². The lowest BCUT2D eigenvalue weighted by Crippen LogP contribution is -2.27. The SMILES string of the molecule is CN(Cc1cn[nH]c1)S(=O)(=O)c1ccc(Cl)cc1F. The maximum atomic E-state index is 13.7. The second kappa shape index (κ2) is 5.28. The maximum Gasteiger partial charge on any atom is 0.246 e. The summed E-state index contributed by atoms with van der Waals surface area (Å²) in [6.07, 6.45) is 3.08. The molecule has 0 unspecified atom stereocenters. The Balaban J connectivity index is 2.31. The fourth-order valence-electron chi connectivity index (χ4n) is 1.56. The predicted octanol–water partition coefficient (Wildman–Crippen LogP) is 2.02. The van der Waals surface area contributed by atoms with Crippen molar-refractivity contribution in [2.24, 2.45) is 0 Å². The minimum absolute atomic E-state index is 0.0981. The van der Waals surface area contributed by atoms with E-state index in [0.29, 0.717) is 5.56 Å². The summed E-state index contributed by atoms with van der Waals surface area (Å²) in [7, 11) is -2.53. The molecule has 1 heterocycles. The molecule has 0 amide bonds. The van der Waals surface area contributed by atoms with Crippen LogP contribution < -0.4 is 0 Å². The third-order valence-corrected chi connectivity index (χ3v) is 4.61. The van der Waals surface area contributed by atoms with Crippen LogP contribution in [-0.2, 0) is 16.6 Å². The Morgan fingerprint density at radius 3 is 2.79 bits per heavy atom. The summed E-state index contributed by atoms with van der Waals surface area (Å²) in [5.74, 6) is -0.869. The second-order valence-electron chi connectivity index (χ2n) is 3.94. The highest BCUT2D eigenvalue weighted by Gasteiger charge is 2.24. The first kappa shape index (κ1) is 14.0. The van der Waals surface area contributed by atoms with Crippen LogP contribution in [0.4, 0.5) is 4.39 Å².